The van der Waals surface area contributed by atoms with Crippen molar-refractivity contribution in [3.63, 3.8) is 0 Å². The molecule has 0 aromatic heterocycles. The van der Waals surface area contributed by atoms with Crippen molar-refractivity contribution in [3.05, 3.63) is 178 Å². The van der Waals surface area contributed by atoms with Crippen LogP contribution in [0.4, 0.5) is 21.0 Å². The monoisotopic (exact) mass is 682 g/mol. The Morgan fingerprint density at radius 1 is 0.423 bits per heavy atom. The number of hydrogen-bond donors (Lipinski definition) is 2. The number of amides is 2. The van der Waals surface area contributed by atoms with E-state index in [4.69, 9.17) is 9.47 Å². The van der Waals surface area contributed by atoms with E-state index in [0.717, 1.165) is 44.5 Å². The van der Waals surface area contributed by atoms with Gasteiger partial charge >= 0.3 is 12.2 Å². The molecule has 0 spiro atoms. The van der Waals surface area contributed by atoms with Gasteiger partial charge in [-0.15, -0.1) is 0 Å². The molecule has 8 heteroatoms. The van der Waals surface area contributed by atoms with Crippen LogP contribution in [-0.2, 0) is 9.47 Å². The van der Waals surface area contributed by atoms with E-state index in [1.54, 1.807) is 24.3 Å². The van der Waals surface area contributed by atoms with Gasteiger partial charge < -0.3 is 9.47 Å². The fourth-order valence-corrected chi connectivity index (χ4v) is 7.92. The number of benzene rings is 6. The molecule has 0 atom stereocenters. The lowest BCUT2D eigenvalue weighted by molar-refractivity contribution is 0.0980. The van der Waals surface area contributed by atoms with Crippen LogP contribution < -0.4 is 10.6 Å². The molecular weight excluding hydrogens is 652 g/mol. The maximum Gasteiger partial charge on any atom is 0.411 e. The zero-order chi connectivity index (χ0) is 35.3. The molecule has 6 aromatic carbocycles. The smallest absolute Gasteiger partial charge is 0.411 e. The minimum absolute atomic E-state index is 0.0337. The minimum atomic E-state index is -0.777. The van der Waals surface area contributed by atoms with Crippen LogP contribution in [0, 0.1) is 0 Å². The fraction of sp³-hybridized carbons (Fsp3) is 0.0909. The van der Waals surface area contributed by atoms with Crippen LogP contribution in [0.2, 0.25) is 0 Å². The SMILES string of the molecule is O=C(Nc1ccc(NC(=O)OCC2c3ccccc3-c3ccccc32)c2c1C(=O)c1ccccc1C2=O)OCC1c2ccccc2-c2ccccc21. The maximum atomic E-state index is 14.0. The molecule has 252 valence electrons. The van der Waals surface area contributed by atoms with Gasteiger partial charge in [-0.25, -0.2) is 9.59 Å². The van der Waals surface area contributed by atoms with Gasteiger partial charge in [-0.05, 0) is 56.6 Å². The van der Waals surface area contributed by atoms with Gasteiger partial charge in [0.1, 0.15) is 13.2 Å². The quantitative estimate of drug-likeness (QED) is 0.181. The molecule has 52 heavy (non-hydrogen) atoms. The maximum absolute atomic E-state index is 14.0. The number of hydrogen-bond acceptors (Lipinski definition) is 6. The molecular formula is C44H30N2O6. The molecule has 3 aliphatic rings. The largest absolute Gasteiger partial charge is 0.448 e. The zero-order valence-electron chi connectivity index (χ0n) is 27.7. The molecule has 3 aliphatic carbocycles. The van der Waals surface area contributed by atoms with E-state index < -0.39 is 23.8 Å². The predicted octanol–water partition coefficient (Wildman–Crippen LogP) is 9.18. The number of carbonyl (C=O) groups excluding carboxylic acids is 4. The molecule has 9 rings (SSSR count). The molecule has 6 aromatic rings. The molecule has 0 heterocycles. The number of ether oxygens (including phenoxy) is 2. The summed E-state index contributed by atoms with van der Waals surface area (Å²) >= 11 is 0. The first-order valence-corrected chi connectivity index (χ1v) is 17.1. The Hall–Kier alpha value is -6.80. The van der Waals surface area contributed by atoms with Gasteiger partial charge in [0, 0.05) is 23.0 Å². The summed E-state index contributed by atoms with van der Waals surface area (Å²) in [5.41, 5.74) is 9.19. The number of ketones is 2. The summed E-state index contributed by atoms with van der Waals surface area (Å²) in [5, 5.41) is 5.41. The molecule has 2 N–H and O–H groups in total. The Bertz CT molecular complexity index is 2220. The lowest BCUT2D eigenvalue weighted by Crippen LogP contribution is -2.27. The van der Waals surface area contributed by atoms with Gasteiger partial charge in [-0.2, -0.15) is 0 Å². The first-order chi connectivity index (χ1) is 25.5. The van der Waals surface area contributed by atoms with Crippen LogP contribution in [-0.4, -0.2) is 37.0 Å². The number of anilines is 2. The molecule has 0 saturated heterocycles. The van der Waals surface area contributed by atoms with Gasteiger partial charge in [0.15, 0.2) is 11.6 Å². The van der Waals surface area contributed by atoms with E-state index in [-0.39, 0.29) is 58.7 Å². The van der Waals surface area contributed by atoms with Crippen molar-refractivity contribution < 1.29 is 28.7 Å². The average Bonchev–Trinajstić information content (AvgIpc) is 3.68. The molecule has 0 fully saturated rings. The van der Waals surface area contributed by atoms with Gasteiger partial charge in [0.2, 0.25) is 0 Å². The standard InChI is InChI=1S/C44H30N2O6/c47-41-33-19-9-10-20-34(33)42(48)40-38(46-44(50)52-24-36-31-17-7-3-13-27(31)28-14-4-8-18-32(28)36)22-21-37(39(40)41)45-43(49)51-23-35-29-15-5-1-11-25(29)26-12-2-6-16-30(26)35/h1-22,35-36H,23-24H2,(H,45,49)(H,46,50). The number of rotatable bonds is 6. The van der Waals surface area contributed by atoms with E-state index in [2.05, 4.69) is 34.9 Å². The Morgan fingerprint density at radius 3 is 1.04 bits per heavy atom. The predicted molar refractivity (Wildman–Crippen MR) is 197 cm³/mol. The third kappa shape index (κ3) is 5.07. The topological polar surface area (TPSA) is 111 Å². The highest BCUT2D eigenvalue weighted by Gasteiger charge is 2.36. The van der Waals surface area contributed by atoms with E-state index >= 15 is 0 Å². The van der Waals surface area contributed by atoms with Crippen molar-refractivity contribution in [2.75, 3.05) is 23.8 Å². The molecule has 0 radical (unpaired) electrons. The van der Waals surface area contributed by atoms with Crippen LogP contribution in [0.25, 0.3) is 22.3 Å². The van der Waals surface area contributed by atoms with Crippen LogP contribution >= 0.6 is 0 Å². The highest BCUT2D eigenvalue weighted by Crippen LogP contribution is 2.46. The summed E-state index contributed by atoms with van der Waals surface area (Å²) in [6.45, 7) is 0.137. The van der Waals surface area contributed by atoms with Crippen molar-refractivity contribution in [2.45, 2.75) is 11.8 Å². The summed E-state index contributed by atoms with van der Waals surface area (Å²) in [6.07, 6.45) is -1.55. The fourth-order valence-electron chi connectivity index (χ4n) is 7.92. The number of nitrogens with one attached hydrogen (secondary N) is 2. The number of carbonyl (C=O) groups is 4. The second kappa shape index (κ2) is 12.5. The Morgan fingerprint density at radius 2 is 0.712 bits per heavy atom. The lowest BCUT2D eigenvalue weighted by Gasteiger charge is -2.23. The summed E-state index contributed by atoms with van der Waals surface area (Å²) < 4.78 is 11.5. The third-order valence-corrected chi connectivity index (χ3v) is 10.2. The van der Waals surface area contributed by atoms with Crippen molar-refractivity contribution in [2.24, 2.45) is 0 Å². The lowest BCUT2D eigenvalue weighted by atomic mass is 9.82. The summed E-state index contributed by atoms with van der Waals surface area (Å²) in [4.78, 5) is 54.6. The van der Waals surface area contributed by atoms with Crippen LogP contribution in [0.1, 0.15) is 65.9 Å². The van der Waals surface area contributed by atoms with Crippen molar-refractivity contribution in [3.8, 4) is 22.3 Å². The molecule has 0 bridgehead atoms. The highest BCUT2D eigenvalue weighted by molar-refractivity contribution is 6.32. The molecule has 0 aliphatic heterocycles. The second-order valence-electron chi connectivity index (χ2n) is 13.0. The molecule has 2 amide bonds. The van der Waals surface area contributed by atoms with Crippen molar-refractivity contribution in [1.29, 1.82) is 0 Å². The zero-order valence-corrected chi connectivity index (χ0v) is 27.7. The molecule has 8 nitrogen and oxygen atoms in total. The van der Waals surface area contributed by atoms with E-state index in [1.165, 1.54) is 12.1 Å². The first-order valence-electron chi connectivity index (χ1n) is 17.1. The average molecular weight is 683 g/mol. The van der Waals surface area contributed by atoms with E-state index in [9.17, 15) is 19.2 Å². The van der Waals surface area contributed by atoms with Crippen LogP contribution in [0.3, 0.4) is 0 Å². The Balaban J connectivity index is 0.969. The summed E-state index contributed by atoms with van der Waals surface area (Å²) in [5.74, 6) is -1.25. The van der Waals surface area contributed by atoms with Gasteiger partial charge in [-0.3, -0.25) is 20.2 Å². The second-order valence-corrected chi connectivity index (χ2v) is 13.0. The molecule has 0 saturated carbocycles. The Labute approximate surface area is 299 Å². The third-order valence-electron chi connectivity index (χ3n) is 10.2. The highest BCUT2D eigenvalue weighted by atomic mass is 16.6. The normalized spacial score (nSPS) is 13.6. The summed E-state index contributed by atoms with van der Waals surface area (Å²) in [6, 6.07) is 41.6. The molecule has 0 unspecified atom stereocenters. The van der Waals surface area contributed by atoms with Crippen LogP contribution in [0.15, 0.2) is 133 Å². The van der Waals surface area contributed by atoms with Crippen molar-refractivity contribution in [1.82, 2.24) is 0 Å². The Kier molecular flexibility index (Phi) is 7.51. The minimum Gasteiger partial charge on any atom is -0.448 e. The summed E-state index contributed by atoms with van der Waals surface area (Å²) in [7, 11) is 0. The van der Waals surface area contributed by atoms with Gasteiger partial charge in [0.05, 0.1) is 22.5 Å². The number of fused-ring (bicyclic) bond motifs is 8. The van der Waals surface area contributed by atoms with Gasteiger partial charge in [0.25, 0.3) is 0 Å². The van der Waals surface area contributed by atoms with E-state index in [0.29, 0.717) is 0 Å². The van der Waals surface area contributed by atoms with Gasteiger partial charge in [-0.1, -0.05) is 121 Å². The van der Waals surface area contributed by atoms with E-state index in [1.807, 2.05) is 72.8 Å². The first kappa shape index (κ1) is 31.2. The van der Waals surface area contributed by atoms with Crippen molar-refractivity contribution >= 4 is 35.1 Å². The van der Waals surface area contributed by atoms with Crippen LogP contribution in [0.5, 0.6) is 0 Å².